The molecule has 2 aromatic rings. The molecule has 0 bridgehead atoms. The largest absolute Gasteiger partial charge is 0.497 e. The van der Waals surface area contributed by atoms with Crippen molar-refractivity contribution in [2.75, 3.05) is 27.3 Å². The van der Waals surface area contributed by atoms with Gasteiger partial charge >= 0.3 is 0 Å². The van der Waals surface area contributed by atoms with Crippen LogP contribution in [-0.2, 0) is 16.0 Å². The third-order valence-electron chi connectivity index (χ3n) is 6.03. The zero-order valence-electron chi connectivity index (χ0n) is 20.2. The molecule has 1 aliphatic rings. The van der Waals surface area contributed by atoms with Crippen molar-refractivity contribution in [3.05, 3.63) is 59.2 Å². The number of hydrogen-bond acceptors (Lipinski definition) is 5. The van der Waals surface area contributed by atoms with Gasteiger partial charge in [0.05, 0.1) is 14.2 Å². The number of nitrogens with one attached hydrogen (secondary N) is 2. The van der Waals surface area contributed by atoms with E-state index in [9.17, 15) is 14.4 Å². The van der Waals surface area contributed by atoms with Crippen LogP contribution >= 0.6 is 0 Å². The second-order valence-corrected chi connectivity index (χ2v) is 8.58. The number of hydrogen-bond donors (Lipinski definition) is 2. The molecule has 34 heavy (non-hydrogen) atoms. The first kappa shape index (κ1) is 25.1. The number of carbonyl (C=O) groups excluding carboxylic acids is 3. The molecule has 3 rings (SSSR count). The van der Waals surface area contributed by atoms with Crippen LogP contribution in [0.15, 0.2) is 42.5 Å². The van der Waals surface area contributed by atoms with Crippen LogP contribution in [0.5, 0.6) is 11.5 Å². The number of benzene rings is 2. The maximum absolute atomic E-state index is 13.1. The lowest BCUT2D eigenvalue weighted by Crippen LogP contribution is -2.53. The lowest BCUT2D eigenvalue weighted by atomic mass is 10.0. The summed E-state index contributed by atoms with van der Waals surface area (Å²) in [5, 5.41) is 5.80. The number of methoxy groups -OCH3 is 2. The van der Waals surface area contributed by atoms with Crippen molar-refractivity contribution in [3.8, 4) is 11.5 Å². The van der Waals surface area contributed by atoms with Crippen LogP contribution in [0, 0.1) is 6.92 Å². The molecular formula is C26H33N3O5. The number of nitrogens with zero attached hydrogens (tertiary/aromatic N) is 1. The fourth-order valence-corrected chi connectivity index (χ4v) is 4.12. The van der Waals surface area contributed by atoms with E-state index in [0.717, 1.165) is 11.1 Å². The zero-order chi connectivity index (χ0) is 24.7. The van der Waals surface area contributed by atoms with Gasteiger partial charge in [-0.25, -0.2) is 0 Å². The van der Waals surface area contributed by atoms with Gasteiger partial charge in [-0.15, -0.1) is 0 Å². The summed E-state index contributed by atoms with van der Waals surface area (Å²) in [5.41, 5.74) is 2.54. The Labute approximate surface area is 200 Å². The van der Waals surface area contributed by atoms with Crippen molar-refractivity contribution in [3.63, 3.8) is 0 Å². The number of rotatable bonds is 8. The predicted molar refractivity (Wildman–Crippen MR) is 129 cm³/mol. The van der Waals surface area contributed by atoms with E-state index in [1.807, 2.05) is 36.1 Å². The van der Waals surface area contributed by atoms with Crippen LogP contribution in [0.25, 0.3) is 0 Å². The summed E-state index contributed by atoms with van der Waals surface area (Å²) in [6, 6.07) is 12.1. The van der Waals surface area contributed by atoms with Gasteiger partial charge in [-0.05, 0) is 50.1 Å². The Bertz CT molecular complexity index is 1010. The Balaban J connectivity index is 1.61. The smallest absolute Gasteiger partial charge is 0.253 e. The fraction of sp³-hybridized carbons (Fsp3) is 0.423. The van der Waals surface area contributed by atoms with E-state index in [1.165, 1.54) is 6.92 Å². The molecule has 1 atom stereocenters. The van der Waals surface area contributed by atoms with Crippen LogP contribution in [0.2, 0.25) is 0 Å². The lowest BCUT2D eigenvalue weighted by Gasteiger charge is -2.33. The average Bonchev–Trinajstić information content (AvgIpc) is 2.83. The maximum atomic E-state index is 13.1. The van der Waals surface area contributed by atoms with E-state index in [4.69, 9.17) is 9.47 Å². The molecule has 1 saturated heterocycles. The van der Waals surface area contributed by atoms with Gasteiger partial charge in [-0.2, -0.15) is 0 Å². The Morgan fingerprint density at radius 2 is 1.71 bits per heavy atom. The maximum Gasteiger partial charge on any atom is 0.253 e. The molecule has 0 aromatic heterocycles. The van der Waals surface area contributed by atoms with Gasteiger partial charge in [0, 0.05) is 43.6 Å². The van der Waals surface area contributed by atoms with E-state index < -0.39 is 6.04 Å². The lowest BCUT2D eigenvalue weighted by molar-refractivity contribution is -0.128. The molecule has 0 saturated carbocycles. The van der Waals surface area contributed by atoms with Crippen LogP contribution in [-0.4, -0.2) is 62.0 Å². The van der Waals surface area contributed by atoms with E-state index in [0.29, 0.717) is 43.0 Å². The minimum Gasteiger partial charge on any atom is -0.497 e. The minimum absolute atomic E-state index is 0.00557. The quantitative estimate of drug-likeness (QED) is 0.622. The second kappa shape index (κ2) is 11.5. The molecule has 8 heteroatoms. The van der Waals surface area contributed by atoms with Crippen molar-refractivity contribution >= 4 is 17.7 Å². The number of likely N-dealkylation sites (tertiary alicyclic amines) is 1. The van der Waals surface area contributed by atoms with Crippen molar-refractivity contribution in [2.45, 2.75) is 45.2 Å². The molecule has 2 N–H and O–H groups in total. The SMILES string of the molecule is COc1ccc(OC)c(CC(NC(C)=O)C(=O)NC2CCN(C(=O)c3ccc(C)cc3)CC2)c1. The van der Waals surface area contributed by atoms with Crippen LogP contribution in [0.4, 0.5) is 0 Å². The molecular weight excluding hydrogens is 434 g/mol. The fourth-order valence-electron chi connectivity index (χ4n) is 4.12. The normalized spacial score (nSPS) is 14.8. The standard InChI is InChI=1S/C26H33N3O5/c1-17-5-7-19(8-6-17)26(32)29-13-11-21(12-14-29)28-25(31)23(27-18(2)30)16-20-15-22(33-3)9-10-24(20)34-4/h5-10,15,21,23H,11-14,16H2,1-4H3,(H,27,30)(H,28,31). The Morgan fingerprint density at radius 3 is 2.29 bits per heavy atom. The van der Waals surface area contributed by atoms with Gasteiger partial charge in [0.1, 0.15) is 17.5 Å². The zero-order valence-corrected chi connectivity index (χ0v) is 20.2. The predicted octanol–water partition coefficient (Wildman–Crippen LogP) is 2.48. The third-order valence-corrected chi connectivity index (χ3v) is 6.03. The monoisotopic (exact) mass is 467 g/mol. The van der Waals surface area contributed by atoms with E-state index in [-0.39, 0.29) is 30.2 Å². The molecule has 0 spiro atoms. The summed E-state index contributed by atoms with van der Waals surface area (Å²) in [6.07, 6.45) is 1.56. The highest BCUT2D eigenvalue weighted by molar-refractivity contribution is 5.94. The molecule has 1 fully saturated rings. The molecule has 1 heterocycles. The third kappa shape index (κ3) is 6.50. The molecule has 0 radical (unpaired) electrons. The van der Waals surface area contributed by atoms with Gasteiger partial charge < -0.3 is 25.0 Å². The molecule has 2 aromatic carbocycles. The molecule has 3 amide bonds. The first-order valence-corrected chi connectivity index (χ1v) is 11.4. The van der Waals surface area contributed by atoms with Crippen molar-refractivity contribution < 1.29 is 23.9 Å². The van der Waals surface area contributed by atoms with E-state index >= 15 is 0 Å². The van der Waals surface area contributed by atoms with E-state index in [1.54, 1.807) is 32.4 Å². The van der Waals surface area contributed by atoms with E-state index in [2.05, 4.69) is 10.6 Å². The number of amides is 3. The second-order valence-electron chi connectivity index (χ2n) is 8.58. The van der Waals surface area contributed by atoms with Crippen LogP contribution in [0.1, 0.15) is 41.3 Å². The summed E-state index contributed by atoms with van der Waals surface area (Å²) in [4.78, 5) is 39.5. The highest BCUT2D eigenvalue weighted by atomic mass is 16.5. The number of ether oxygens (including phenoxy) is 2. The summed E-state index contributed by atoms with van der Waals surface area (Å²) >= 11 is 0. The first-order chi connectivity index (χ1) is 16.3. The highest BCUT2D eigenvalue weighted by Crippen LogP contribution is 2.25. The Kier molecular flexibility index (Phi) is 8.51. The molecule has 0 aliphatic carbocycles. The molecule has 1 aliphatic heterocycles. The summed E-state index contributed by atoms with van der Waals surface area (Å²) < 4.78 is 10.7. The number of aryl methyl sites for hydroxylation is 1. The van der Waals surface area contributed by atoms with Gasteiger partial charge in [0.15, 0.2) is 0 Å². The number of carbonyl (C=O) groups is 3. The topological polar surface area (TPSA) is 97.0 Å². The average molecular weight is 468 g/mol. The van der Waals surface area contributed by atoms with Crippen LogP contribution in [0.3, 0.4) is 0 Å². The van der Waals surface area contributed by atoms with Gasteiger partial charge in [0.2, 0.25) is 11.8 Å². The van der Waals surface area contributed by atoms with Gasteiger partial charge in [-0.1, -0.05) is 17.7 Å². The molecule has 182 valence electrons. The minimum atomic E-state index is -0.759. The van der Waals surface area contributed by atoms with Gasteiger partial charge in [0.25, 0.3) is 5.91 Å². The highest BCUT2D eigenvalue weighted by Gasteiger charge is 2.28. The van der Waals surface area contributed by atoms with Crippen molar-refractivity contribution in [1.29, 1.82) is 0 Å². The van der Waals surface area contributed by atoms with Crippen molar-refractivity contribution in [2.24, 2.45) is 0 Å². The summed E-state index contributed by atoms with van der Waals surface area (Å²) in [7, 11) is 3.13. The summed E-state index contributed by atoms with van der Waals surface area (Å²) in [6.45, 7) is 4.50. The molecule has 8 nitrogen and oxygen atoms in total. The Hall–Kier alpha value is -3.55. The molecule has 1 unspecified atom stereocenters. The van der Waals surface area contributed by atoms with Crippen molar-refractivity contribution in [1.82, 2.24) is 15.5 Å². The first-order valence-electron chi connectivity index (χ1n) is 11.4. The number of piperidine rings is 1. The Morgan fingerprint density at radius 1 is 1.03 bits per heavy atom. The van der Waals surface area contributed by atoms with Crippen LogP contribution < -0.4 is 20.1 Å². The van der Waals surface area contributed by atoms with Gasteiger partial charge in [-0.3, -0.25) is 14.4 Å². The summed E-state index contributed by atoms with van der Waals surface area (Å²) in [5.74, 6) is 0.713.